The molecule has 0 fully saturated rings. The Morgan fingerprint density at radius 3 is 2.58 bits per heavy atom. The van der Waals surface area contributed by atoms with Gasteiger partial charge in [-0.05, 0) is 49.4 Å². The second-order valence-electron chi connectivity index (χ2n) is 6.07. The number of thioether (sulfide) groups is 1. The highest BCUT2D eigenvalue weighted by molar-refractivity contribution is 7.99. The molecule has 0 atom stereocenters. The molecular weight excluding hydrogens is 364 g/mol. The third-order valence-electron chi connectivity index (χ3n) is 3.88. The van der Waals surface area contributed by atoms with Gasteiger partial charge in [0.1, 0.15) is 5.75 Å². The Labute approximate surface area is 161 Å². The van der Waals surface area contributed by atoms with Gasteiger partial charge < -0.3 is 9.30 Å². The number of ether oxygens (including phenoxy) is 1. The summed E-state index contributed by atoms with van der Waals surface area (Å²) in [5.41, 5.74) is 1.67. The van der Waals surface area contributed by atoms with Crippen LogP contribution in [0.2, 0.25) is 0 Å². The zero-order valence-corrected chi connectivity index (χ0v) is 17.0. The van der Waals surface area contributed by atoms with Crippen molar-refractivity contribution in [1.82, 2.24) is 4.57 Å². The predicted molar refractivity (Wildman–Crippen MR) is 109 cm³/mol. The van der Waals surface area contributed by atoms with E-state index < -0.39 is 0 Å². The molecule has 26 heavy (non-hydrogen) atoms. The maximum Gasteiger partial charge on any atom is 0.279 e. The number of thiazole rings is 1. The van der Waals surface area contributed by atoms with Gasteiger partial charge >= 0.3 is 0 Å². The van der Waals surface area contributed by atoms with Crippen LogP contribution in [0, 0.1) is 0 Å². The second kappa shape index (κ2) is 8.10. The first kappa shape index (κ1) is 18.7. The minimum absolute atomic E-state index is 0.216. The van der Waals surface area contributed by atoms with Crippen molar-refractivity contribution in [2.45, 2.75) is 37.5 Å². The predicted octanol–water partition coefficient (Wildman–Crippen LogP) is 4.97. The van der Waals surface area contributed by atoms with Gasteiger partial charge in [0.15, 0.2) is 4.80 Å². The van der Waals surface area contributed by atoms with Crippen LogP contribution in [0.1, 0.15) is 31.1 Å². The first-order valence-corrected chi connectivity index (χ1v) is 10.2. The molecule has 6 heteroatoms. The standard InChI is InChI=1S/C20H22N2O2S2/c1-5-22-17-11-8-15(24-4)12-18(17)26-20(22)21-19(23)14-6-9-16(10-7-14)25-13(2)3/h6-13H,5H2,1-4H3. The van der Waals surface area contributed by atoms with E-state index in [-0.39, 0.29) is 5.91 Å². The summed E-state index contributed by atoms with van der Waals surface area (Å²) in [5, 5.41) is 0.514. The molecule has 4 nitrogen and oxygen atoms in total. The summed E-state index contributed by atoms with van der Waals surface area (Å²) in [6.45, 7) is 7.11. The fourth-order valence-electron chi connectivity index (χ4n) is 2.67. The molecule has 0 N–H and O–H groups in total. The Hall–Kier alpha value is -2.05. The molecule has 0 spiro atoms. The number of aryl methyl sites for hydroxylation is 1. The van der Waals surface area contributed by atoms with E-state index in [1.54, 1.807) is 18.9 Å². The van der Waals surface area contributed by atoms with Gasteiger partial charge in [0.2, 0.25) is 0 Å². The van der Waals surface area contributed by atoms with Crippen molar-refractivity contribution in [2.75, 3.05) is 7.11 Å². The van der Waals surface area contributed by atoms with Gasteiger partial charge in [0.25, 0.3) is 5.91 Å². The molecule has 1 aromatic heterocycles. The number of hydrogen-bond donors (Lipinski definition) is 0. The number of fused-ring (bicyclic) bond motifs is 1. The lowest BCUT2D eigenvalue weighted by Gasteiger charge is -2.04. The summed E-state index contributed by atoms with van der Waals surface area (Å²) < 4.78 is 8.40. The quantitative estimate of drug-likeness (QED) is 0.581. The number of hydrogen-bond acceptors (Lipinski definition) is 4. The average Bonchev–Trinajstić information content (AvgIpc) is 2.97. The van der Waals surface area contributed by atoms with Crippen LogP contribution in [0.4, 0.5) is 0 Å². The van der Waals surface area contributed by atoms with Gasteiger partial charge in [-0.25, -0.2) is 0 Å². The molecule has 0 saturated carbocycles. The number of benzene rings is 2. The molecule has 0 saturated heterocycles. The van der Waals surface area contributed by atoms with Gasteiger partial charge in [-0.2, -0.15) is 4.99 Å². The summed E-state index contributed by atoms with van der Waals surface area (Å²) in [5.74, 6) is 0.588. The third kappa shape index (κ3) is 4.02. The van der Waals surface area contributed by atoms with E-state index in [1.807, 2.05) is 42.5 Å². The molecule has 3 aromatic rings. The maximum atomic E-state index is 12.6. The van der Waals surface area contributed by atoms with Crippen LogP contribution in [0.25, 0.3) is 10.2 Å². The van der Waals surface area contributed by atoms with Gasteiger partial charge in [-0.15, -0.1) is 11.8 Å². The fourth-order valence-corrected chi connectivity index (χ4v) is 4.63. The zero-order valence-electron chi connectivity index (χ0n) is 15.4. The maximum absolute atomic E-state index is 12.6. The highest BCUT2D eigenvalue weighted by Crippen LogP contribution is 2.24. The third-order valence-corrected chi connectivity index (χ3v) is 5.93. The van der Waals surface area contributed by atoms with Gasteiger partial charge in [-0.3, -0.25) is 4.79 Å². The Morgan fingerprint density at radius 1 is 1.23 bits per heavy atom. The number of methoxy groups -OCH3 is 1. The molecule has 1 amide bonds. The molecule has 3 rings (SSSR count). The highest BCUT2D eigenvalue weighted by Gasteiger charge is 2.09. The number of nitrogens with zero attached hydrogens (tertiary/aromatic N) is 2. The van der Waals surface area contributed by atoms with Crippen molar-refractivity contribution in [3.8, 4) is 5.75 Å². The van der Waals surface area contributed by atoms with E-state index in [1.165, 1.54) is 11.3 Å². The summed E-state index contributed by atoms with van der Waals surface area (Å²) >= 11 is 3.28. The van der Waals surface area contributed by atoms with Crippen LogP contribution in [-0.4, -0.2) is 22.8 Å². The van der Waals surface area contributed by atoms with Crippen molar-refractivity contribution < 1.29 is 9.53 Å². The normalized spacial score (nSPS) is 12.1. The minimum Gasteiger partial charge on any atom is -0.497 e. The van der Waals surface area contributed by atoms with E-state index >= 15 is 0 Å². The van der Waals surface area contributed by atoms with Crippen molar-refractivity contribution >= 4 is 39.2 Å². The highest BCUT2D eigenvalue weighted by atomic mass is 32.2. The number of rotatable bonds is 5. The number of amides is 1. The Morgan fingerprint density at radius 2 is 1.96 bits per heavy atom. The lowest BCUT2D eigenvalue weighted by Crippen LogP contribution is -2.15. The van der Waals surface area contributed by atoms with E-state index in [9.17, 15) is 4.79 Å². The van der Waals surface area contributed by atoms with Crippen LogP contribution in [0.15, 0.2) is 52.4 Å². The van der Waals surface area contributed by atoms with E-state index in [2.05, 4.69) is 30.3 Å². The summed E-state index contributed by atoms with van der Waals surface area (Å²) in [6.07, 6.45) is 0. The number of aromatic nitrogens is 1. The molecule has 0 aliphatic rings. The SMILES string of the molecule is CCn1c(=NC(=O)c2ccc(SC(C)C)cc2)sc2cc(OC)ccc21. The molecular formula is C20H22N2O2S2. The molecule has 0 radical (unpaired) electrons. The zero-order chi connectivity index (χ0) is 18.7. The Kier molecular flexibility index (Phi) is 5.84. The van der Waals surface area contributed by atoms with E-state index in [4.69, 9.17) is 4.74 Å². The topological polar surface area (TPSA) is 43.6 Å². The van der Waals surface area contributed by atoms with Crippen molar-refractivity contribution in [3.63, 3.8) is 0 Å². The van der Waals surface area contributed by atoms with Gasteiger partial charge in [-0.1, -0.05) is 25.2 Å². The lowest BCUT2D eigenvalue weighted by atomic mass is 10.2. The average molecular weight is 387 g/mol. The van der Waals surface area contributed by atoms with Crippen LogP contribution in [0.3, 0.4) is 0 Å². The Balaban J connectivity index is 1.97. The summed E-state index contributed by atoms with van der Waals surface area (Å²) in [6, 6.07) is 13.6. The van der Waals surface area contributed by atoms with Crippen molar-refractivity contribution in [2.24, 2.45) is 4.99 Å². The number of carbonyl (C=O) groups is 1. The molecule has 0 aliphatic carbocycles. The summed E-state index contributed by atoms with van der Waals surface area (Å²) in [4.78, 5) is 18.9. The number of carbonyl (C=O) groups excluding carboxylic acids is 1. The molecule has 1 heterocycles. The first-order chi connectivity index (χ1) is 12.5. The van der Waals surface area contributed by atoms with Crippen molar-refractivity contribution in [1.29, 1.82) is 0 Å². The van der Waals surface area contributed by atoms with E-state index in [0.717, 1.165) is 27.4 Å². The van der Waals surface area contributed by atoms with Gasteiger partial charge in [0, 0.05) is 22.3 Å². The minimum atomic E-state index is -0.216. The second-order valence-corrected chi connectivity index (χ2v) is 8.73. The monoisotopic (exact) mass is 386 g/mol. The van der Waals surface area contributed by atoms with Crippen LogP contribution < -0.4 is 9.54 Å². The fraction of sp³-hybridized carbons (Fsp3) is 0.300. The van der Waals surface area contributed by atoms with Gasteiger partial charge in [0.05, 0.1) is 17.3 Å². The van der Waals surface area contributed by atoms with Crippen molar-refractivity contribution in [3.05, 3.63) is 52.8 Å². The molecule has 136 valence electrons. The molecule has 0 unspecified atom stereocenters. The largest absolute Gasteiger partial charge is 0.497 e. The lowest BCUT2D eigenvalue weighted by molar-refractivity contribution is 0.0998. The first-order valence-electron chi connectivity index (χ1n) is 8.55. The Bertz CT molecular complexity index is 985. The summed E-state index contributed by atoms with van der Waals surface area (Å²) in [7, 11) is 1.65. The smallest absolute Gasteiger partial charge is 0.279 e. The van der Waals surface area contributed by atoms with Crippen LogP contribution in [-0.2, 0) is 6.54 Å². The molecule has 2 aromatic carbocycles. The van der Waals surface area contributed by atoms with Crippen LogP contribution in [0.5, 0.6) is 5.75 Å². The van der Waals surface area contributed by atoms with E-state index in [0.29, 0.717) is 15.6 Å². The molecule has 0 bridgehead atoms. The molecule has 0 aliphatic heterocycles. The van der Waals surface area contributed by atoms with Crippen LogP contribution >= 0.6 is 23.1 Å².